The SMILES string of the molecule is CNc1cc(F)cc2c1Cc1nc(Oc3cnc(C)nc3)nc(N3CC4C(N)C4C3)c1-2.CNc1cc(F)cc2c1Cc1nc(Oc3cnc(C)nc3)nc(N3CC[C@H](N)C3)c1-2.CNc1cc(F)cc2c1Cc1nc(Oc3cncc(-c4cncnc4)c3)nc(N3CC4C(N)C4C3)c1-2.CNc1cc(F)cc2c1Cc1nc(Oc3cncc(C4=CCN=C4)c3)nc(N3CC4C(N)C4C3)c1-2. The Hall–Kier alpha value is -14.7. The van der Waals surface area contributed by atoms with Gasteiger partial charge in [0.2, 0.25) is 0 Å². The third kappa shape index (κ3) is 15.5. The summed E-state index contributed by atoms with van der Waals surface area (Å²) >= 11 is 0. The average Bonchev–Trinajstić information content (AvgIpc) is 1.57. The monoisotopic (exact) mass is 1780 g/mol. The molecule has 4 saturated heterocycles. The van der Waals surface area contributed by atoms with E-state index in [-0.39, 0.29) is 71.5 Å². The van der Waals surface area contributed by atoms with E-state index >= 15 is 0 Å². The van der Waals surface area contributed by atoms with Gasteiger partial charge < -0.3 is 82.7 Å². The van der Waals surface area contributed by atoms with Crippen molar-refractivity contribution >= 4 is 57.8 Å². The molecule has 37 heteroatoms. The minimum atomic E-state index is -0.299. The van der Waals surface area contributed by atoms with E-state index in [9.17, 15) is 17.6 Å². The molecular formula is C95H91F4N29O4. The summed E-state index contributed by atoms with van der Waals surface area (Å²) in [6.07, 6.45) is 25.1. The Labute approximate surface area is 755 Å². The summed E-state index contributed by atoms with van der Waals surface area (Å²) in [5, 5.41) is 12.4. The number of hydrogen-bond acceptors (Lipinski definition) is 33. The lowest BCUT2D eigenvalue weighted by molar-refractivity contribution is 0.435. The van der Waals surface area contributed by atoms with Crippen LogP contribution in [0.5, 0.6) is 47.0 Å². The molecule has 7 fully saturated rings. The predicted octanol–water partition coefficient (Wildman–Crippen LogP) is 11.7. The van der Waals surface area contributed by atoms with E-state index < -0.39 is 0 Å². The third-order valence-electron chi connectivity index (χ3n) is 27.0. The highest BCUT2D eigenvalue weighted by Crippen LogP contribution is 2.56. The Bertz CT molecular complexity index is 6830. The summed E-state index contributed by atoms with van der Waals surface area (Å²) in [5.41, 5.74) is 45.5. The lowest BCUT2D eigenvalue weighted by Crippen LogP contribution is -2.29. The van der Waals surface area contributed by atoms with Crippen LogP contribution in [-0.2, 0) is 25.7 Å². The van der Waals surface area contributed by atoms with E-state index in [1.807, 2.05) is 31.3 Å². The van der Waals surface area contributed by atoms with Crippen molar-refractivity contribution in [3.8, 4) is 103 Å². The number of aliphatic imine (C=N–C) groups is 1. The van der Waals surface area contributed by atoms with Gasteiger partial charge in [-0.3, -0.25) is 15.0 Å². The number of aryl methyl sites for hydroxylation is 2. The first-order valence-electron chi connectivity index (χ1n) is 44.0. The smallest absolute Gasteiger partial charge is 0.324 e. The van der Waals surface area contributed by atoms with Crippen LogP contribution >= 0.6 is 0 Å². The maximum absolute atomic E-state index is 14.5. The molecule has 0 bridgehead atoms. The molecule has 668 valence electrons. The van der Waals surface area contributed by atoms with Gasteiger partial charge in [-0.15, -0.1) is 0 Å². The maximum atomic E-state index is 14.5. The second-order valence-electron chi connectivity index (χ2n) is 35.1. The third-order valence-corrected chi connectivity index (χ3v) is 27.0. The van der Waals surface area contributed by atoms with E-state index in [1.165, 1.54) is 30.6 Å². The summed E-state index contributed by atoms with van der Waals surface area (Å²) < 4.78 is 81.8. The maximum Gasteiger partial charge on any atom is 0.324 e. The fourth-order valence-electron chi connectivity index (χ4n) is 20.1. The number of halogens is 4. The van der Waals surface area contributed by atoms with Crippen LogP contribution in [0, 0.1) is 72.6 Å². The molecule has 33 nitrogen and oxygen atoms in total. The number of aromatic nitrogens is 16. The zero-order valence-electron chi connectivity index (χ0n) is 72.8. The highest BCUT2D eigenvalue weighted by Gasteiger charge is 2.57. The highest BCUT2D eigenvalue weighted by molar-refractivity contribution is 6.11. The van der Waals surface area contributed by atoms with Gasteiger partial charge in [0.15, 0.2) is 11.5 Å². The lowest BCUT2D eigenvalue weighted by atomic mass is 10.0. The Morgan fingerprint density at radius 3 is 1.01 bits per heavy atom. The van der Waals surface area contributed by atoms with Gasteiger partial charge in [0, 0.05) is 223 Å². The van der Waals surface area contributed by atoms with Crippen molar-refractivity contribution in [2.75, 3.05) is 128 Å². The van der Waals surface area contributed by atoms with Crippen molar-refractivity contribution in [3.05, 3.63) is 221 Å². The number of ether oxygens (including phenoxy) is 4. The molecular weight excluding hydrogens is 1690 g/mol. The van der Waals surface area contributed by atoms with Gasteiger partial charge in [0.05, 0.1) is 66.5 Å². The van der Waals surface area contributed by atoms with E-state index in [4.69, 9.17) is 71.8 Å². The zero-order valence-corrected chi connectivity index (χ0v) is 72.8. The summed E-state index contributed by atoms with van der Waals surface area (Å²) in [6.45, 7) is 10.7. The molecule has 4 aromatic carbocycles. The number of nitrogens with zero attached hydrogens (tertiary/aromatic N) is 21. The van der Waals surface area contributed by atoms with E-state index in [0.29, 0.717) is 109 Å². The van der Waals surface area contributed by atoms with Crippen LogP contribution in [0.3, 0.4) is 0 Å². The van der Waals surface area contributed by atoms with Gasteiger partial charge in [0.1, 0.15) is 76.0 Å². The molecule has 7 atom stereocenters. The van der Waals surface area contributed by atoms with Gasteiger partial charge in [0.25, 0.3) is 0 Å². The first kappa shape index (κ1) is 83.0. The van der Waals surface area contributed by atoms with Gasteiger partial charge in [-0.1, -0.05) is 6.08 Å². The number of piperidine rings is 3. The van der Waals surface area contributed by atoms with Crippen LogP contribution < -0.4 is 82.7 Å². The molecule has 0 radical (unpaired) electrons. The van der Waals surface area contributed by atoms with Crippen molar-refractivity contribution < 1.29 is 36.5 Å². The van der Waals surface area contributed by atoms with Crippen molar-refractivity contribution in [1.82, 2.24) is 79.7 Å². The van der Waals surface area contributed by atoms with Crippen LogP contribution in [0.25, 0.3) is 61.2 Å². The van der Waals surface area contributed by atoms with Crippen molar-refractivity contribution in [3.63, 3.8) is 0 Å². The van der Waals surface area contributed by atoms with Crippen LogP contribution in [-0.4, -0.2) is 197 Å². The van der Waals surface area contributed by atoms with Crippen LogP contribution in [0.4, 0.5) is 63.6 Å². The molecule has 0 spiro atoms. The second-order valence-corrected chi connectivity index (χ2v) is 35.1. The number of allylic oxidation sites excluding steroid dienone is 1. The standard InChI is InChI=1S/C26H23FN8O.C26H24FN7O.C22H22FN7O.C21H22FN7O/c1-29-21-4-15(27)3-18-17(21)5-22-23(18)25(35-10-19-20(11-35)24(19)28)34-26(33-22)36-16-2-13(6-30-9-16)14-7-31-12-32-8-14;1-29-21-6-15(27)5-18-17(21)7-22-23(18)25(34-11-19-20(12-34)24(19)28)33-26(32-22)35-16-4-14(9-31-10-16)13-2-3-30-8-13;1-10-26-6-12(7-27-10)31-22-28-18-5-13-14(3-11(23)4-17(13)25-2)19(18)21(29-22)30-8-15-16(9-30)20(15)24;1-11-25-8-14(9-26-11)30-21-27-18-7-15-16(5-12(22)6-17(15)24-2)19(18)20(28-21)29-4-3-13(23)10-29/h2-4,6-9,12,19-20,24,29H,5,10-11,28H2,1H3;2,4-6,8-10,19-20,24,29H,3,7,11-12,28H2,1H3;3-4,6-7,15-16,20,25H,5,8-9,24H2,1-2H3;5-6,8-9,13,24H,3-4,7,10,23H2,1-2H3/t;;;13-/m...0/s1. The Balaban J connectivity index is 0.000000103. The largest absolute Gasteiger partial charge is 0.423 e. The van der Waals surface area contributed by atoms with Crippen molar-refractivity contribution in [2.45, 2.75) is 70.1 Å². The molecule has 3 saturated carbocycles. The predicted molar refractivity (Wildman–Crippen MR) is 490 cm³/mol. The van der Waals surface area contributed by atoms with Crippen molar-refractivity contribution in [1.29, 1.82) is 0 Å². The van der Waals surface area contributed by atoms with E-state index in [1.54, 1.807) is 121 Å². The number of rotatable bonds is 18. The molecule has 5 aliphatic heterocycles. The molecule has 13 aromatic rings. The average molecular weight is 1780 g/mol. The minimum absolute atomic E-state index is 0.0757. The molecule has 12 N–H and O–H groups in total. The first-order chi connectivity index (χ1) is 64.2. The number of benzene rings is 4. The minimum Gasteiger partial charge on any atom is -0.423 e. The Morgan fingerprint density at radius 2 is 0.682 bits per heavy atom. The topological polar surface area (TPSA) is 421 Å². The number of pyridine rings is 2. The number of nitrogens with one attached hydrogen (secondary N) is 4. The molecule has 9 aromatic heterocycles. The normalized spacial score (nSPS) is 21.1. The molecule has 6 unspecified atom stereocenters. The number of anilines is 8. The van der Waals surface area contributed by atoms with Crippen molar-refractivity contribution in [2.24, 2.45) is 63.4 Å². The van der Waals surface area contributed by atoms with Crippen LogP contribution in [0.15, 0.2) is 140 Å². The summed E-state index contributed by atoms with van der Waals surface area (Å²) in [7, 11) is 7.19. The zero-order chi connectivity index (χ0) is 90.2. The summed E-state index contributed by atoms with van der Waals surface area (Å²) in [6, 6.07) is 17.9. The van der Waals surface area contributed by atoms with Gasteiger partial charge in [-0.05, 0) is 167 Å². The highest BCUT2D eigenvalue weighted by atomic mass is 19.1. The molecule has 7 aliphatic carbocycles. The Morgan fingerprint density at radius 1 is 0.356 bits per heavy atom. The fourth-order valence-corrected chi connectivity index (χ4v) is 20.1. The molecule has 14 heterocycles. The lowest BCUT2D eigenvalue weighted by Gasteiger charge is -2.23. The molecule has 132 heavy (non-hydrogen) atoms. The van der Waals surface area contributed by atoms with Crippen LogP contribution in [0.1, 0.15) is 68.7 Å². The molecule has 25 rings (SSSR count). The van der Waals surface area contributed by atoms with Gasteiger partial charge in [-0.25, -0.2) is 47.5 Å². The van der Waals surface area contributed by atoms with Gasteiger partial charge in [-0.2, -0.15) is 39.9 Å². The summed E-state index contributed by atoms with van der Waals surface area (Å²) in [5.74, 6) is 8.06. The first-order valence-corrected chi connectivity index (χ1v) is 44.0. The number of hydrogen-bond donors (Lipinski definition) is 8. The Kier molecular flexibility index (Phi) is 21.0. The number of fused-ring (bicyclic) bond motifs is 15. The molecule has 12 aliphatic rings. The fraction of sp³-hybridized carbons (Fsp3) is 0.316. The summed E-state index contributed by atoms with van der Waals surface area (Å²) in [4.78, 5) is 84.5. The van der Waals surface area contributed by atoms with Gasteiger partial charge >= 0.3 is 24.0 Å². The number of nitrogens with two attached hydrogens (primary N) is 4. The second kappa shape index (κ2) is 33.4. The van der Waals surface area contributed by atoms with E-state index in [0.717, 1.165) is 210 Å². The van der Waals surface area contributed by atoms with E-state index in [2.05, 4.69) is 95.7 Å². The molecule has 0 amide bonds. The quantitative estimate of drug-likeness (QED) is 0.0370. The van der Waals surface area contributed by atoms with Crippen LogP contribution in [0.2, 0.25) is 0 Å².